The summed E-state index contributed by atoms with van der Waals surface area (Å²) < 4.78 is 0. The lowest BCUT2D eigenvalue weighted by atomic mass is 10.0. The third-order valence-electron chi connectivity index (χ3n) is 2.43. The molecule has 16 heavy (non-hydrogen) atoms. The average molecular weight is 238 g/mol. The lowest BCUT2D eigenvalue weighted by molar-refractivity contribution is -0.138. The molecule has 0 saturated heterocycles. The SMILES string of the molecule is CC(C)SCc1ccc(C(C)C(=O)O)cc1. The van der Waals surface area contributed by atoms with E-state index in [1.54, 1.807) is 6.92 Å². The minimum Gasteiger partial charge on any atom is -0.481 e. The van der Waals surface area contributed by atoms with Crippen LogP contribution in [0.4, 0.5) is 0 Å². The third-order valence-corrected chi connectivity index (χ3v) is 3.60. The molecule has 1 rings (SSSR count). The van der Waals surface area contributed by atoms with Crippen molar-refractivity contribution in [2.75, 3.05) is 0 Å². The second-order valence-electron chi connectivity index (χ2n) is 4.16. The van der Waals surface area contributed by atoms with Gasteiger partial charge in [0, 0.05) is 5.75 Å². The van der Waals surface area contributed by atoms with Crippen LogP contribution in [0.1, 0.15) is 37.8 Å². The standard InChI is InChI=1S/C13H18O2S/c1-9(2)16-8-11-4-6-12(7-5-11)10(3)13(14)15/h4-7,9-10H,8H2,1-3H3,(H,14,15). The molecule has 0 radical (unpaired) electrons. The Morgan fingerprint density at radius 2 is 1.81 bits per heavy atom. The molecular weight excluding hydrogens is 220 g/mol. The largest absolute Gasteiger partial charge is 0.481 e. The van der Waals surface area contributed by atoms with Crippen LogP contribution in [0.5, 0.6) is 0 Å². The summed E-state index contributed by atoms with van der Waals surface area (Å²) in [6.07, 6.45) is 0. The lowest BCUT2D eigenvalue weighted by Crippen LogP contribution is -2.07. The summed E-state index contributed by atoms with van der Waals surface area (Å²) in [4.78, 5) is 10.8. The Morgan fingerprint density at radius 3 is 2.25 bits per heavy atom. The highest BCUT2D eigenvalue weighted by Gasteiger charge is 2.12. The highest BCUT2D eigenvalue weighted by Crippen LogP contribution is 2.20. The summed E-state index contributed by atoms with van der Waals surface area (Å²) in [6, 6.07) is 7.86. The molecule has 0 saturated carbocycles. The van der Waals surface area contributed by atoms with E-state index < -0.39 is 11.9 Å². The zero-order valence-corrected chi connectivity index (χ0v) is 10.8. The topological polar surface area (TPSA) is 37.3 Å². The Bertz CT molecular complexity index is 343. The van der Waals surface area contributed by atoms with Gasteiger partial charge in [0.05, 0.1) is 5.92 Å². The molecule has 0 spiro atoms. The molecule has 1 unspecified atom stereocenters. The zero-order valence-electron chi connectivity index (χ0n) is 9.93. The van der Waals surface area contributed by atoms with Crippen molar-refractivity contribution in [2.45, 2.75) is 37.7 Å². The first-order valence-corrected chi connectivity index (χ1v) is 6.49. The number of rotatable bonds is 5. The van der Waals surface area contributed by atoms with Gasteiger partial charge in [-0.3, -0.25) is 4.79 Å². The fraction of sp³-hybridized carbons (Fsp3) is 0.462. The van der Waals surface area contributed by atoms with Crippen LogP contribution in [-0.2, 0) is 10.5 Å². The molecule has 0 bridgehead atoms. The van der Waals surface area contributed by atoms with Crippen LogP contribution in [0.2, 0.25) is 0 Å². The monoisotopic (exact) mass is 238 g/mol. The predicted molar refractivity (Wildman–Crippen MR) is 68.9 cm³/mol. The summed E-state index contributed by atoms with van der Waals surface area (Å²) in [5.41, 5.74) is 2.12. The molecule has 88 valence electrons. The number of carbonyl (C=O) groups is 1. The first kappa shape index (κ1) is 13.1. The van der Waals surface area contributed by atoms with Crippen LogP contribution < -0.4 is 0 Å². The second-order valence-corrected chi connectivity index (χ2v) is 5.73. The first-order valence-electron chi connectivity index (χ1n) is 5.44. The van der Waals surface area contributed by atoms with Crippen molar-refractivity contribution in [3.8, 4) is 0 Å². The molecule has 1 N–H and O–H groups in total. The van der Waals surface area contributed by atoms with Crippen LogP contribution in [0.3, 0.4) is 0 Å². The van der Waals surface area contributed by atoms with E-state index in [2.05, 4.69) is 13.8 Å². The summed E-state index contributed by atoms with van der Waals surface area (Å²) in [7, 11) is 0. The van der Waals surface area contributed by atoms with E-state index in [0.29, 0.717) is 5.25 Å². The van der Waals surface area contributed by atoms with Crippen LogP contribution in [0.15, 0.2) is 24.3 Å². The summed E-state index contributed by atoms with van der Waals surface area (Å²) in [5.74, 6) is -0.213. The molecule has 0 heterocycles. The first-order chi connectivity index (χ1) is 7.50. The van der Waals surface area contributed by atoms with Crippen LogP contribution in [0, 0.1) is 0 Å². The third kappa shape index (κ3) is 3.89. The maximum Gasteiger partial charge on any atom is 0.310 e. The van der Waals surface area contributed by atoms with Gasteiger partial charge in [-0.2, -0.15) is 11.8 Å². The Hall–Kier alpha value is -0.960. The molecular formula is C13H18O2S. The fourth-order valence-corrected chi connectivity index (χ4v) is 2.03. The maximum absolute atomic E-state index is 10.8. The van der Waals surface area contributed by atoms with Gasteiger partial charge in [0.25, 0.3) is 0 Å². The van der Waals surface area contributed by atoms with E-state index >= 15 is 0 Å². The molecule has 2 nitrogen and oxygen atoms in total. The normalized spacial score (nSPS) is 12.8. The average Bonchev–Trinajstić information content (AvgIpc) is 2.26. The number of hydrogen-bond acceptors (Lipinski definition) is 2. The predicted octanol–water partition coefficient (Wildman–Crippen LogP) is 3.52. The van der Waals surface area contributed by atoms with Gasteiger partial charge in [0.2, 0.25) is 0 Å². The molecule has 1 aromatic rings. The van der Waals surface area contributed by atoms with Gasteiger partial charge in [0.1, 0.15) is 0 Å². The summed E-state index contributed by atoms with van der Waals surface area (Å²) >= 11 is 1.89. The van der Waals surface area contributed by atoms with Crippen molar-refractivity contribution in [1.82, 2.24) is 0 Å². The minimum atomic E-state index is -0.774. The van der Waals surface area contributed by atoms with Gasteiger partial charge in [-0.05, 0) is 23.3 Å². The van der Waals surface area contributed by atoms with Gasteiger partial charge < -0.3 is 5.11 Å². The van der Waals surface area contributed by atoms with E-state index in [1.165, 1.54) is 5.56 Å². The van der Waals surface area contributed by atoms with Crippen LogP contribution in [-0.4, -0.2) is 16.3 Å². The van der Waals surface area contributed by atoms with Crippen molar-refractivity contribution in [3.63, 3.8) is 0 Å². The molecule has 1 aromatic carbocycles. The maximum atomic E-state index is 10.8. The van der Waals surface area contributed by atoms with E-state index in [1.807, 2.05) is 36.0 Å². The van der Waals surface area contributed by atoms with Crippen molar-refractivity contribution >= 4 is 17.7 Å². The second kappa shape index (κ2) is 5.94. The minimum absolute atomic E-state index is 0.424. The van der Waals surface area contributed by atoms with E-state index in [9.17, 15) is 4.79 Å². The van der Waals surface area contributed by atoms with E-state index in [4.69, 9.17) is 5.11 Å². The number of carboxylic acid groups (broad SMARTS) is 1. The summed E-state index contributed by atoms with van der Waals surface area (Å²) in [6.45, 7) is 6.05. The molecule has 0 aliphatic heterocycles. The van der Waals surface area contributed by atoms with Crippen molar-refractivity contribution in [3.05, 3.63) is 35.4 Å². The molecule has 0 fully saturated rings. The number of benzene rings is 1. The lowest BCUT2D eigenvalue weighted by Gasteiger charge is -2.08. The molecule has 0 amide bonds. The van der Waals surface area contributed by atoms with E-state index in [-0.39, 0.29) is 0 Å². The number of carboxylic acids is 1. The molecule has 3 heteroatoms. The Labute approximate surface area is 101 Å². The molecule has 0 aliphatic rings. The Balaban J connectivity index is 2.64. The van der Waals surface area contributed by atoms with Gasteiger partial charge in [-0.1, -0.05) is 38.1 Å². The number of thioether (sulfide) groups is 1. The van der Waals surface area contributed by atoms with E-state index in [0.717, 1.165) is 11.3 Å². The highest BCUT2D eigenvalue weighted by molar-refractivity contribution is 7.99. The van der Waals surface area contributed by atoms with Crippen molar-refractivity contribution in [2.24, 2.45) is 0 Å². The van der Waals surface area contributed by atoms with Crippen LogP contribution in [0.25, 0.3) is 0 Å². The van der Waals surface area contributed by atoms with Gasteiger partial charge in [0.15, 0.2) is 0 Å². The fourth-order valence-electron chi connectivity index (χ4n) is 1.31. The molecule has 0 aromatic heterocycles. The van der Waals surface area contributed by atoms with Gasteiger partial charge in [-0.25, -0.2) is 0 Å². The van der Waals surface area contributed by atoms with Crippen LogP contribution >= 0.6 is 11.8 Å². The Kier molecular flexibility index (Phi) is 4.87. The smallest absolute Gasteiger partial charge is 0.310 e. The van der Waals surface area contributed by atoms with Gasteiger partial charge >= 0.3 is 5.97 Å². The summed E-state index contributed by atoms with van der Waals surface area (Å²) in [5, 5.41) is 9.50. The Morgan fingerprint density at radius 1 is 1.25 bits per heavy atom. The van der Waals surface area contributed by atoms with Crippen molar-refractivity contribution in [1.29, 1.82) is 0 Å². The van der Waals surface area contributed by atoms with Crippen molar-refractivity contribution < 1.29 is 9.90 Å². The number of hydrogen-bond donors (Lipinski definition) is 1. The molecule has 1 atom stereocenters. The zero-order chi connectivity index (χ0) is 12.1. The number of aliphatic carboxylic acids is 1. The highest BCUT2D eigenvalue weighted by atomic mass is 32.2. The molecule has 0 aliphatic carbocycles. The van der Waals surface area contributed by atoms with Gasteiger partial charge in [-0.15, -0.1) is 0 Å². The quantitative estimate of drug-likeness (QED) is 0.852.